The fourth-order valence-electron chi connectivity index (χ4n) is 9.00. The molecular formula is C26H40O7. The zero-order chi connectivity index (χ0) is 23.8. The van der Waals surface area contributed by atoms with E-state index < -0.39 is 48.7 Å². The van der Waals surface area contributed by atoms with Crippen LogP contribution in [0.2, 0.25) is 0 Å². The molecule has 0 unspecified atom stereocenters. The van der Waals surface area contributed by atoms with Crippen molar-refractivity contribution in [3.63, 3.8) is 0 Å². The quantitative estimate of drug-likeness (QED) is 0.374. The van der Waals surface area contributed by atoms with Gasteiger partial charge in [0.1, 0.15) is 24.4 Å². The van der Waals surface area contributed by atoms with E-state index in [1.165, 1.54) is 24.8 Å². The molecule has 4 N–H and O–H groups in total. The number of esters is 1. The van der Waals surface area contributed by atoms with Crippen molar-refractivity contribution in [2.45, 2.75) is 102 Å². The van der Waals surface area contributed by atoms with E-state index in [1.54, 1.807) is 0 Å². The van der Waals surface area contributed by atoms with E-state index in [0.717, 1.165) is 38.5 Å². The highest BCUT2D eigenvalue weighted by molar-refractivity contribution is 5.77. The number of aliphatic hydroxyl groups excluding tert-OH is 4. The van der Waals surface area contributed by atoms with Crippen molar-refractivity contribution in [3.05, 3.63) is 12.2 Å². The van der Waals surface area contributed by atoms with Gasteiger partial charge in [-0.3, -0.25) is 4.79 Å². The molecule has 0 aromatic carbocycles. The molecule has 1 saturated heterocycles. The minimum atomic E-state index is -1.57. The Morgan fingerprint density at radius 1 is 1.06 bits per heavy atom. The predicted molar refractivity (Wildman–Crippen MR) is 120 cm³/mol. The summed E-state index contributed by atoms with van der Waals surface area (Å²) < 4.78 is 11.2. The van der Waals surface area contributed by atoms with Crippen molar-refractivity contribution >= 4 is 5.97 Å². The fraction of sp³-hybridized carbons (Fsp3) is 0.885. The van der Waals surface area contributed by atoms with Gasteiger partial charge in [-0.1, -0.05) is 25.5 Å². The topological polar surface area (TPSA) is 116 Å². The Bertz CT molecular complexity index is 812. The number of allylic oxidation sites excluding steroid dienone is 1. The van der Waals surface area contributed by atoms with E-state index in [1.807, 2.05) is 6.92 Å². The van der Waals surface area contributed by atoms with Crippen LogP contribution in [0.1, 0.15) is 71.6 Å². The maximum Gasteiger partial charge on any atom is 0.314 e. The third-order valence-corrected chi connectivity index (χ3v) is 10.6. The highest BCUT2D eigenvalue weighted by Gasteiger charge is 2.65. The number of fused-ring (bicyclic) bond motifs is 3. The SMILES string of the molecule is C=C1C[C@]23CC[C@@H]4[C@](C)(CCC[C@@]4(C)C(=O)O[C@@H]4O[C@H](CO)[C@@H](O)[C@H](O)[C@H]4O)[C@H]2CC[C@H]1C3. The Labute approximate surface area is 196 Å². The lowest BCUT2D eigenvalue weighted by Gasteiger charge is -2.63. The summed E-state index contributed by atoms with van der Waals surface area (Å²) in [5.41, 5.74) is 1.11. The molecule has 2 bridgehead atoms. The summed E-state index contributed by atoms with van der Waals surface area (Å²) in [4.78, 5) is 13.6. The normalized spacial score (nSPS) is 53.8. The van der Waals surface area contributed by atoms with Crippen LogP contribution < -0.4 is 0 Å². The number of carbonyl (C=O) groups is 1. The van der Waals surface area contributed by atoms with Gasteiger partial charge in [0.25, 0.3) is 0 Å². The zero-order valence-corrected chi connectivity index (χ0v) is 19.9. The van der Waals surface area contributed by atoms with Crippen LogP contribution in [0.15, 0.2) is 12.2 Å². The minimum Gasteiger partial charge on any atom is -0.432 e. The molecule has 0 amide bonds. The first kappa shape index (κ1) is 23.7. The molecule has 1 heterocycles. The third-order valence-electron chi connectivity index (χ3n) is 10.6. The molecule has 5 fully saturated rings. The Morgan fingerprint density at radius 3 is 2.55 bits per heavy atom. The Kier molecular flexibility index (Phi) is 5.77. The molecule has 0 radical (unpaired) electrons. The van der Waals surface area contributed by atoms with Crippen molar-refractivity contribution in [1.29, 1.82) is 0 Å². The molecular weight excluding hydrogens is 424 g/mol. The van der Waals surface area contributed by atoms with Crippen molar-refractivity contribution in [3.8, 4) is 0 Å². The van der Waals surface area contributed by atoms with E-state index >= 15 is 0 Å². The minimum absolute atomic E-state index is 0.0508. The van der Waals surface area contributed by atoms with Gasteiger partial charge in [-0.15, -0.1) is 0 Å². The highest BCUT2D eigenvalue weighted by Crippen LogP contribution is 2.72. The monoisotopic (exact) mass is 464 g/mol. The van der Waals surface area contributed by atoms with E-state index in [0.29, 0.717) is 17.3 Å². The maximum absolute atomic E-state index is 13.6. The molecule has 0 aromatic heterocycles. The van der Waals surface area contributed by atoms with Gasteiger partial charge in [0.2, 0.25) is 6.29 Å². The first-order valence-electron chi connectivity index (χ1n) is 12.7. The number of ether oxygens (including phenoxy) is 2. The van der Waals surface area contributed by atoms with Crippen LogP contribution >= 0.6 is 0 Å². The molecule has 1 aliphatic heterocycles. The zero-order valence-electron chi connectivity index (χ0n) is 19.9. The smallest absolute Gasteiger partial charge is 0.314 e. The second-order valence-electron chi connectivity index (χ2n) is 12.2. The van der Waals surface area contributed by atoms with Crippen molar-refractivity contribution < 1.29 is 34.7 Å². The molecule has 11 atom stereocenters. The molecule has 7 nitrogen and oxygen atoms in total. The summed E-state index contributed by atoms with van der Waals surface area (Å²) in [6.07, 6.45) is 2.58. The lowest BCUT2D eigenvalue weighted by molar-refractivity contribution is -0.298. The van der Waals surface area contributed by atoms with Crippen molar-refractivity contribution in [1.82, 2.24) is 0 Å². The summed E-state index contributed by atoms with van der Waals surface area (Å²) in [6.45, 7) is 8.24. The molecule has 33 heavy (non-hydrogen) atoms. The number of hydrogen-bond donors (Lipinski definition) is 4. The van der Waals surface area contributed by atoms with Gasteiger partial charge in [0, 0.05) is 0 Å². The van der Waals surface area contributed by atoms with Gasteiger partial charge in [-0.25, -0.2) is 0 Å². The Hall–Kier alpha value is -0.990. The second kappa shape index (κ2) is 8.02. The van der Waals surface area contributed by atoms with E-state index in [-0.39, 0.29) is 11.3 Å². The third kappa shape index (κ3) is 3.37. The molecule has 0 aromatic rings. The van der Waals surface area contributed by atoms with Crippen molar-refractivity contribution in [2.24, 2.45) is 34.0 Å². The van der Waals surface area contributed by atoms with Crippen LogP contribution in [0.25, 0.3) is 0 Å². The van der Waals surface area contributed by atoms with E-state index in [4.69, 9.17) is 9.47 Å². The van der Waals surface area contributed by atoms with Gasteiger partial charge in [-0.2, -0.15) is 0 Å². The number of aliphatic hydroxyl groups is 4. The molecule has 7 heteroatoms. The van der Waals surface area contributed by atoms with Crippen LogP contribution in [-0.4, -0.2) is 63.7 Å². The number of carbonyl (C=O) groups excluding carboxylic acids is 1. The number of hydrogen-bond acceptors (Lipinski definition) is 7. The highest BCUT2D eigenvalue weighted by atomic mass is 16.7. The maximum atomic E-state index is 13.6. The van der Waals surface area contributed by atoms with Gasteiger partial charge < -0.3 is 29.9 Å². The average Bonchev–Trinajstić information content (AvgIpc) is 3.01. The van der Waals surface area contributed by atoms with Gasteiger partial charge in [-0.05, 0) is 86.9 Å². The predicted octanol–water partition coefficient (Wildman–Crippen LogP) is 2.30. The molecule has 4 aliphatic carbocycles. The van der Waals surface area contributed by atoms with Crippen LogP contribution in [0.5, 0.6) is 0 Å². The largest absolute Gasteiger partial charge is 0.432 e. The van der Waals surface area contributed by atoms with Gasteiger partial charge >= 0.3 is 5.97 Å². The summed E-state index contributed by atoms with van der Waals surface area (Å²) in [5, 5.41) is 40.0. The lowest BCUT2D eigenvalue weighted by Crippen LogP contribution is -2.61. The van der Waals surface area contributed by atoms with Crippen LogP contribution in [0.3, 0.4) is 0 Å². The van der Waals surface area contributed by atoms with Crippen LogP contribution in [-0.2, 0) is 14.3 Å². The molecule has 5 rings (SSSR count). The van der Waals surface area contributed by atoms with Gasteiger partial charge in [0.05, 0.1) is 12.0 Å². The summed E-state index contributed by atoms with van der Waals surface area (Å²) in [5.74, 6) is 1.02. The summed E-state index contributed by atoms with van der Waals surface area (Å²) >= 11 is 0. The summed E-state index contributed by atoms with van der Waals surface area (Å²) in [6, 6.07) is 0. The van der Waals surface area contributed by atoms with Crippen molar-refractivity contribution in [2.75, 3.05) is 6.61 Å². The van der Waals surface area contributed by atoms with Gasteiger partial charge in [0.15, 0.2) is 0 Å². The fourth-order valence-corrected chi connectivity index (χ4v) is 9.00. The average molecular weight is 465 g/mol. The van der Waals surface area contributed by atoms with Crippen LogP contribution in [0, 0.1) is 34.0 Å². The second-order valence-corrected chi connectivity index (χ2v) is 12.2. The first-order chi connectivity index (χ1) is 15.6. The van der Waals surface area contributed by atoms with E-state index in [9.17, 15) is 25.2 Å². The van der Waals surface area contributed by atoms with E-state index in [2.05, 4.69) is 13.5 Å². The first-order valence-corrected chi connectivity index (χ1v) is 12.7. The molecule has 1 spiro atoms. The molecule has 4 saturated carbocycles. The standard InChI is InChI=1S/C26H40O7/c1-14-11-26-10-7-17-24(2,18(26)6-5-15(14)12-26)8-4-9-25(17,3)23(31)33-22-21(30)20(29)19(28)16(13-27)32-22/h15-22,27-30H,1,4-13H2,2-3H3/t15-,16+,17+,18+,19+,20-,21+,22-,24-,25+,26-/m0/s1. The molecule has 186 valence electrons. The Morgan fingerprint density at radius 2 is 1.82 bits per heavy atom. The molecule has 5 aliphatic rings. The lowest BCUT2D eigenvalue weighted by atomic mass is 9.41. The summed E-state index contributed by atoms with van der Waals surface area (Å²) in [7, 11) is 0. The van der Waals surface area contributed by atoms with Crippen LogP contribution in [0.4, 0.5) is 0 Å². The number of rotatable bonds is 3. The Balaban J connectivity index is 1.38.